The average Bonchev–Trinajstić information content (AvgIpc) is 3.18. The third-order valence-electron chi connectivity index (χ3n) is 10.4. The minimum Gasteiger partial charge on any atom is -0.491 e. The van der Waals surface area contributed by atoms with E-state index in [-0.39, 0.29) is 6.03 Å². The number of ether oxygens (including phenoxy) is 6. The van der Waals surface area contributed by atoms with Gasteiger partial charge in [-0.05, 0) is 74.3 Å². The lowest BCUT2D eigenvalue weighted by Crippen LogP contribution is -2.38. The number of para-hydroxylation sites is 4. The molecule has 0 atom stereocenters. The van der Waals surface area contributed by atoms with E-state index in [2.05, 4.69) is 66.7 Å². The van der Waals surface area contributed by atoms with Crippen LogP contribution >= 0.6 is 0 Å². The average molecular weight is 741 g/mol. The Morgan fingerprint density at radius 1 is 0.473 bits per heavy atom. The van der Waals surface area contributed by atoms with Gasteiger partial charge in [-0.2, -0.15) is 0 Å². The fraction of sp³-hybridized carbons (Fsp3) is 0.326. The lowest BCUT2D eigenvalue weighted by atomic mass is 9.90. The van der Waals surface area contributed by atoms with Crippen LogP contribution in [0.1, 0.15) is 50.1 Å². The van der Waals surface area contributed by atoms with Gasteiger partial charge in [0.15, 0.2) is 0 Å². The Balaban J connectivity index is 1.30. The van der Waals surface area contributed by atoms with Gasteiger partial charge in [0.1, 0.15) is 49.4 Å². The van der Waals surface area contributed by atoms with E-state index in [1.165, 1.54) is 0 Å². The molecule has 5 aromatic carbocycles. The quantitative estimate of drug-likeness (QED) is 0.185. The van der Waals surface area contributed by atoms with E-state index in [1.54, 1.807) is 9.80 Å². The number of urea groups is 1. The van der Waals surface area contributed by atoms with E-state index in [1.807, 2.05) is 44.4 Å². The Morgan fingerprint density at radius 3 is 1.24 bits per heavy atom. The molecule has 12 bridgehead atoms. The highest BCUT2D eigenvalue weighted by molar-refractivity contribution is 5.91. The Bertz CT molecular complexity index is 2130. The van der Waals surface area contributed by atoms with Crippen LogP contribution in [0.4, 0.5) is 10.5 Å². The molecule has 284 valence electrons. The monoisotopic (exact) mass is 740 g/mol. The SMILES string of the molecule is CN(Cc1cc2c3c(c1)Cc1cccc(c1OCCOCCO3)Cc1cccc3c1OCCOCCOc1c(cccc1C2)C3)C(=O)N(C)c1ccccc1. The zero-order valence-electron chi connectivity index (χ0n) is 31.7. The summed E-state index contributed by atoms with van der Waals surface area (Å²) in [7, 11) is 3.66. The van der Waals surface area contributed by atoms with Gasteiger partial charge in [-0.3, -0.25) is 4.90 Å². The van der Waals surface area contributed by atoms with E-state index >= 15 is 0 Å². The van der Waals surface area contributed by atoms with Gasteiger partial charge in [-0.25, -0.2) is 4.79 Å². The molecule has 0 N–H and O–H groups in total. The van der Waals surface area contributed by atoms with Crippen molar-refractivity contribution in [2.45, 2.75) is 32.2 Å². The normalized spacial score (nSPS) is 15.5. The number of carbonyl (C=O) groups is 1. The topological polar surface area (TPSA) is 78.9 Å². The van der Waals surface area contributed by atoms with E-state index in [4.69, 9.17) is 28.4 Å². The standard InChI is InChI=1S/C46H48N2O7/c1-47(46(49)48(2)41-15-4-3-5-16-41)31-32-25-39-29-37-13-7-11-35-27-33-9-6-10-34(42(33)52-21-17-50-18-22-53-43(35)37)28-36-12-8-14-38-30-40(26-32)45(39)55-24-20-51-19-23-54-44(36)38/h3-16,25-26H,17-24,27-31H2,1-2H3. The van der Waals surface area contributed by atoms with Gasteiger partial charge in [0.25, 0.3) is 0 Å². The molecule has 0 saturated carbocycles. The summed E-state index contributed by atoms with van der Waals surface area (Å²) in [5.74, 6) is 3.40. The molecule has 9 nitrogen and oxygen atoms in total. The predicted octanol–water partition coefficient (Wildman–Crippen LogP) is 7.63. The lowest BCUT2D eigenvalue weighted by Gasteiger charge is -2.27. The highest BCUT2D eigenvalue weighted by atomic mass is 16.6. The summed E-state index contributed by atoms with van der Waals surface area (Å²) in [4.78, 5) is 17.2. The van der Waals surface area contributed by atoms with Crippen molar-refractivity contribution in [1.29, 1.82) is 0 Å². The molecule has 2 heterocycles. The maximum atomic E-state index is 13.8. The zero-order valence-corrected chi connectivity index (χ0v) is 31.7. The first-order valence-corrected chi connectivity index (χ1v) is 19.2. The summed E-state index contributed by atoms with van der Waals surface area (Å²) in [6, 6.07) is 33.2. The second-order valence-corrected chi connectivity index (χ2v) is 14.3. The van der Waals surface area contributed by atoms with Crippen LogP contribution in [0.15, 0.2) is 97.1 Å². The number of nitrogens with zero attached hydrogens (tertiary/aromatic N) is 2. The molecule has 8 rings (SSSR count). The number of carbonyl (C=O) groups excluding carboxylic acids is 1. The van der Waals surface area contributed by atoms with Gasteiger partial charge in [-0.15, -0.1) is 0 Å². The van der Waals surface area contributed by atoms with Crippen molar-refractivity contribution in [2.75, 3.05) is 71.9 Å². The molecule has 2 amide bonds. The highest BCUT2D eigenvalue weighted by Gasteiger charge is 2.24. The van der Waals surface area contributed by atoms with E-state index < -0.39 is 0 Å². The van der Waals surface area contributed by atoms with Gasteiger partial charge in [0.05, 0.1) is 26.4 Å². The number of hydrogen-bond acceptors (Lipinski definition) is 7. The molecule has 0 aromatic heterocycles. The van der Waals surface area contributed by atoms with Gasteiger partial charge in [0.2, 0.25) is 0 Å². The first-order chi connectivity index (χ1) is 27.0. The maximum absolute atomic E-state index is 13.8. The van der Waals surface area contributed by atoms with Gasteiger partial charge < -0.3 is 33.3 Å². The first kappa shape index (κ1) is 36.5. The van der Waals surface area contributed by atoms with Crippen LogP contribution in [-0.2, 0) is 41.7 Å². The summed E-state index contributed by atoms with van der Waals surface area (Å²) in [5.41, 5.74) is 10.3. The molecule has 9 heteroatoms. The molecule has 5 aromatic rings. The van der Waals surface area contributed by atoms with Crippen molar-refractivity contribution in [2.24, 2.45) is 0 Å². The molecule has 2 aliphatic heterocycles. The third kappa shape index (κ3) is 8.28. The smallest absolute Gasteiger partial charge is 0.324 e. The lowest BCUT2D eigenvalue weighted by molar-refractivity contribution is 0.0744. The maximum Gasteiger partial charge on any atom is 0.324 e. The molecule has 0 radical (unpaired) electrons. The summed E-state index contributed by atoms with van der Waals surface area (Å²) in [6.45, 7) is 3.87. The van der Waals surface area contributed by atoms with Crippen molar-refractivity contribution in [3.05, 3.63) is 147 Å². The fourth-order valence-corrected chi connectivity index (χ4v) is 7.87. The zero-order chi connectivity index (χ0) is 37.6. The summed E-state index contributed by atoms with van der Waals surface area (Å²) < 4.78 is 38.5. The number of hydrogen-bond donors (Lipinski definition) is 0. The molecule has 3 aliphatic rings. The molecular weight excluding hydrogens is 693 g/mol. The third-order valence-corrected chi connectivity index (χ3v) is 10.4. The Kier molecular flexibility index (Phi) is 11.2. The molecule has 0 spiro atoms. The van der Waals surface area contributed by atoms with Crippen molar-refractivity contribution in [1.82, 2.24) is 4.90 Å². The molecule has 55 heavy (non-hydrogen) atoms. The Morgan fingerprint density at radius 2 is 0.836 bits per heavy atom. The summed E-state index contributed by atoms with van der Waals surface area (Å²) >= 11 is 0. The van der Waals surface area contributed by atoms with E-state index in [0.29, 0.717) is 85.1 Å². The van der Waals surface area contributed by atoms with Crippen molar-refractivity contribution in [3.8, 4) is 23.0 Å². The molecule has 0 unspecified atom stereocenters. The minimum absolute atomic E-state index is 0.0999. The van der Waals surface area contributed by atoms with Crippen LogP contribution in [-0.4, -0.2) is 77.9 Å². The van der Waals surface area contributed by atoms with Gasteiger partial charge in [-0.1, -0.05) is 72.8 Å². The van der Waals surface area contributed by atoms with Crippen LogP contribution in [0.3, 0.4) is 0 Å². The molecule has 0 fully saturated rings. The van der Waals surface area contributed by atoms with Crippen LogP contribution in [0.5, 0.6) is 23.0 Å². The Labute approximate surface area is 323 Å². The van der Waals surface area contributed by atoms with Crippen molar-refractivity contribution in [3.63, 3.8) is 0 Å². The number of anilines is 1. The summed E-state index contributed by atoms with van der Waals surface area (Å²) in [6.07, 6.45) is 2.39. The molecule has 1 aliphatic carbocycles. The fourth-order valence-electron chi connectivity index (χ4n) is 7.87. The highest BCUT2D eigenvalue weighted by Crippen LogP contribution is 2.40. The number of amides is 2. The van der Waals surface area contributed by atoms with Crippen molar-refractivity contribution < 1.29 is 33.2 Å². The van der Waals surface area contributed by atoms with E-state index in [0.717, 1.165) is 78.8 Å². The second-order valence-electron chi connectivity index (χ2n) is 14.3. The Hall–Kier alpha value is -5.51. The molecular formula is C46H48N2O7. The van der Waals surface area contributed by atoms with Gasteiger partial charge in [0, 0.05) is 52.0 Å². The number of rotatable bonds is 3. The van der Waals surface area contributed by atoms with Crippen LogP contribution in [0.25, 0.3) is 0 Å². The van der Waals surface area contributed by atoms with Crippen LogP contribution < -0.4 is 23.8 Å². The van der Waals surface area contributed by atoms with Crippen LogP contribution in [0, 0.1) is 0 Å². The number of benzene rings is 5. The first-order valence-electron chi connectivity index (χ1n) is 19.2. The summed E-state index contributed by atoms with van der Waals surface area (Å²) in [5, 5.41) is 0. The van der Waals surface area contributed by atoms with Crippen LogP contribution in [0.2, 0.25) is 0 Å². The van der Waals surface area contributed by atoms with Gasteiger partial charge >= 0.3 is 6.03 Å². The predicted molar refractivity (Wildman–Crippen MR) is 212 cm³/mol. The second kappa shape index (κ2) is 16.9. The largest absolute Gasteiger partial charge is 0.491 e. The molecule has 0 saturated heterocycles. The van der Waals surface area contributed by atoms with Crippen molar-refractivity contribution >= 4 is 11.7 Å². The van der Waals surface area contributed by atoms with E-state index in [9.17, 15) is 4.79 Å². The minimum atomic E-state index is -0.0999.